The first-order valence-corrected chi connectivity index (χ1v) is 8.17. The number of anilines is 1. The average Bonchev–Trinajstić information content (AvgIpc) is 2.47. The summed E-state index contributed by atoms with van der Waals surface area (Å²) in [6.45, 7) is 1.75. The smallest absolute Gasteiger partial charge is 0.337 e. The van der Waals surface area contributed by atoms with E-state index in [0.717, 1.165) is 11.6 Å². The Morgan fingerprint density at radius 3 is 2.65 bits per heavy atom. The highest BCUT2D eigenvalue weighted by atomic mass is 35.5. The van der Waals surface area contributed by atoms with Crippen molar-refractivity contribution in [3.8, 4) is 5.88 Å². The van der Waals surface area contributed by atoms with Crippen LogP contribution in [0.3, 0.4) is 0 Å². The van der Waals surface area contributed by atoms with Crippen LogP contribution in [0.15, 0.2) is 35.4 Å². The second-order valence-electron chi connectivity index (χ2n) is 4.62. The van der Waals surface area contributed by atoms with Gasteiger partial charge in [0.25, 0.3) is 10.0 Å². The number of ether oxygens (including phenoxy) is 1. The predicted molar refractivity (Wildman–Crippen MR) is 84.7 cm³/mol. The van der Waals surface area contributed by atoms with E-state index in [1.165, 1.54) is 25.4 Å². The van der Waals surface area contributed by atoms with Crippen LogP contribution in [0.4, 0.5) is 5.69 Å². The highest BCUT2D eigenvalue weighted by molar-refractivity contribution is 7.92. The fourth-order valence-electron chi connectivity index (χ4n) is 1.83. The van der Waals surface area contributed by atoms with E-state index in [9.17, 15) is 13.2 Å². The zero-order chi connectivity index (χ0) is 17.2. The fourth-order valence-corrected chi connectivity index (χ4v) is 3.10. The summed E-state index contributed by atoms with van der Waals surface area (Å²) in [5, 5.41) is 8.98. The van der Waals surface area contributed by atoms with Crippen molar-refractivity contribution in [1.29, 1.82) is 0 Å². The number of aryl methyl sites for hydroxylation is 1. The Kier molecular flexibility index (Phi) is 4.76. The Balaban J connectivity index is 2.46. The van der Waals surface area contributed by atoms with Gasteiger partial charge in [-0.05, 0) is 36.8 Å². The molecule has 2 N–H and O–H groups in total. The Bertz CT molecular complexity index is 867. The summed E-state index contributed by atoms with van der Waals surface area (Å²) in [5.74, 6) is -1.21. The quantitative estimate of drug-likeness (QED) is 0.852. The van der Waals surface area contributed by atoms with Crippen molar-refractivity contribution in [3.05, 3.63) is 46.6 Å². The number of carboxylic acid groups (broad SMARTS) is 1. The summed E-state index contributed by atoms with van der Waals surface area (Å²) in [5.41, 5.74) is 0.578. The van der Waals surface area contributed by atoms with Crippen LogP contribution < -0.4 is 9.46 Å². The molecule has 0 bridgehead atoms. The number of aromatic nitrogens is 1. The van der Waals surface area contributed by atoms with Crippen LogP contribution in [0.5, 0.6) is 5.88 Å². The standard InChI is InChI=1S/C14H13ClN2O5S/c1-8-5-12(13(22-2)16-7-8)17-23(20,21)9-3-4-11(15)10(6-9)14(18)19/h3-7,17H,1-2H3,(H,18,19). The summed E-state index contributed by atoms with van der Waals surface area (Å²) in [4.78, 5) is 14.8. The molecule has 0 atom stereocenters. The molecule has 7 nitrogen and oxygen atoms in total. The van der Waals surface area contributed by atoms with Crippen LogP contribution in [0.2, 0.25) is 5.02 Å². The zero-order valence-corrected chi connectivity index (χ0v) is 13.8. The van der Waals surface area contributed by atoms with Crippen molar-refractivity contribution < 1.29 is 23.1 Å². The minimum absolute atomic E-state index is 0.0498. The van der Waals surface area contributed by atoms with Crippen LogP contribution in [0.1, 0.15) is 15.9 Å². The Morgan fingerprint density at radius 2 is 2.04 bits per heavy atom. The van der Waals surface area contributed by atoms with Gasteiger partial charge in [0, 0.05) is 6.20 Å². The van der Waals surface area contributed by atoms with Crippen LogP contribution in [0, 0.1) is 6.92 Å². The molecule has 0 aliphatic carbocycles. The lowest BCUT2D eigenvalue weighted by molar-refractivity contribution is 0.0697. The zero-order valence-electron chi connectivity index (χ0n) is 12.2. The number of hydrogen-bond acceptors (Lipinski definition) is 5. The van der Waals surface area contributed by atoms with E-state index in [4.69, 9.17) is 21.4 Å². The van der Waals surface area contributed by atoms with Gasteiger partial charge in [0.05, 0.1) is 22.6 Å². The normalized spacial score (nSPS) is 11.1. The van der Waals surface area contributed by atoms with Gasteiger partial charge in [-0.25, -0.2) is 18.2 Å². The van der Waals surface area contributed by atoms with E-state index < -0.39 is 16.0 Å². The molecule has 0 aliphatic rings. The van der Waals surface area contributed by atoms with E-state index in [1.54, 1.807) is 13.0 Å². The van der Waals surface area contributed by atoms with Crippen molar-refractivity contribution in [1.82, 2.24) is 4.98 Å². The van der Waals surface area contributed by atoms with Gasteiger partial charge in [-0.2, -0.15) is 0 Å². The lowest BCUT2D eigenvalue weighted by atomic mass is 10.2. The molecule has 2 rings (SSSR count). The molecule has 2 aromatic rings. The number of benzene rings is 1. The number of methoxy groups -OCH3 is 1. The molecule has 0 spiro atoms. The van der Waals surface area contributed by atoms with Crippen molar-refractivity contribution in [2.45, 2.75) is 11.8 Å². The molecular formula is C14H13ClN2O5S. The summed E-state index contributed by atoms with van der Waals surface area (Å²) >= 11 is 5.74. The molecule has 0 unspecified atom stereocenters. The summed E-state index contributed by atoms with van der Waals surface area (Å²) in [7, 11) is -2.67. The first-order chi connectivity index (χ1) is 10.7. The fraction of sp³-hybridized carbons (Fsp3) is 0.143. The topological polar surface area (TPSA) is 106 Å². The van der Waals surface area contributed by atoms with Crippen LogP contribution in [-0.4, -0.2) is 31.6 Å². The summed E-state index contributed by atoms with van der Waals surface area (Å²) in [6.07, 6.45) is 1.53. The number of sulfonamides is 1. The molecule has 0 saturated carbocycles. The second-order valence-corrected chi connectivity index (χ2v) is 6.71. The highest BCUT2D eigenvalue weighted by Crippen LogP contribution is 2.27. The maximum Gasteiger partial charge on any atom is 0.337 e. The Hall–Kier alpha value is -2.32. The molecule has 9 heteroatoms. The molecule has 0 amide bonds. The van der Waals surface area contributed by atoms with Gasteiger partial charge in [0.2, 0.25) is 5.88 Å². The minimum atomic E-state index is -4.03. The molecule has 0 aliphatic heterocycles. The number of nitrogens with zero attached hydrogens (tertiary/aromatic N) is 1. The van der Waals surface area contributed by atoms with E-state index >= 15 is 0 Å². The van der Waals surface area contributed by atoms with Crippen molar-refractivity contribution in [3.63, 3.8) is 0 Å². The number of hydrogen-bond donors (Lipinski definition) is 2. The van der Waals surface area contributed by atoms with Gasteiger partial charge in [-0.3, -0.25) is 4.72 Å². The number of pyridine rings is 1. The molecule has 1 heterocycles. The highest BCUT2D eigenvalue weighted by Gasteiger charge is 2.20. The largest absolute Gasteiger partial charge is 0.480 e. The number of nitrogens with one attached hydrogen (secondary N) is 1. The van der Waals surface area contributed by atoms with Crippen LogP contribution in [0.25, 0.3) is 0 Å². The number of rotatable bonds is 5. The Labute approximate surface area is 137 Å². The molecule has 122 valence electrons. The number of aromatic carboxylic acids is 1. The average molecular weight is 357 g/mol. The monoisotopic (exact) mass is 356 g/mol. The van der Waals surface area contributed by atoms with E-state index in [2.05, 4.69) is 9.71 Å². The minimum Gasteiger partial charge on any atom is -0.480 e. The lowest BCUT2D eigenvalue weighted by Crippen LogP contribution is -2.15. The van der Waals surface area contributed by atoms with Crippen LogP contribution >= 0.6 is 11.6 Å². The van der Waals surface area contributed by atoms with E-state index in [-0.39, 0.29) is 27.0 Å². The van der Waals surface area contributed by atoms with Crippen molar-refractivity contribution in [2.75, 3.05) is 11.8 Å². The maximum absolute atomic E-state index is 12.4. The lowest BCUT2D eigenvalue weighted by Gasteiger charge is -2.12. The van der Waals surface area contributed by atoms with Gasteiger partial charge < -0.3 is 9.84 Å². The summed E-state index contributed by atoms with van der Waals surface area (Å²) < 4.78 is 32.2. The predicted octanol–water partition coefficient (Wildman–Crippen LogP) is 2.55. The van der Waals surface area contributed by atoms with E-state index in [0.29, 0.717) is 0 Å². The number of carbonyl (C=O) groups is 1. The van der Waals surface area contributed by atoms with Gasteiger partial charge >= 0.3 is 5.97 Å². The summed E-state index contributed by atoms with van der Waals surface area (Å²) in [6, 6.07) is 4.97. The molecule has 0 fully saturated rings. The third-order valence-electron chi connectivity index (χ3n) is 2.90. The molecular weight excluding hydrogens is 344 g/mol. The third kappa shape index (κ3) is 3.72. The first-order valence-electron chi connectivity index (χ1n) is 6.31. The first kappa shape index (κ1) is 17.0. The Morgan fingerprint density at radius 1 is 1.35 bits per heavy atom. The van der Waals surface area contributed by atoms with E-state index in [1.807, 2.05) is 0 Å². The van der Waals surface area contributed by atoms with Crippen LogP contribution in [-0.2, 0) is 10.0 Å². The van der Waals surface area contributed by atoms with Crippen molar-refractivity contribution in [2.24, 2.45) is 0 Å². The molecule has 0 radical (unpaired) electrons. The second kappa shape index (κ2) is 6.43. The van der Waals surface area contributed by atoms with Gasteiger partial charge in [0.15, 0.2) is 0 Å². The molecule has 23 heavy (non-hydrogen) atoms. The van der Waals surface area contributed by atoms with Crippen molar-refractivity contribution >= 4 is 33.3 Å². The third-order valence-corrected chi connectivity index (χ3v) is 4.60. The number of carboxylic acids is 1. The molecule has 0 saturated heterocycles. The molecule has 1 aromatic heterocycles. The maximum atomic E-state index is 12.4. The van der Waals surface area contributed by atoms with Gasteiger partial charge in [-0.15, -0.1) is 0 Å². The van der Waals surface area contributed by atoms with Gasteiger partial charge in [0.1, 0.15) is 5.69 Å². The van der Waals surface area contributed by atoms with Gasteiger partial charge in [-0.1, -0.05) is 11.6 Å². The molecule has 1 aromatic carbocycles. The SMILES string of the molecule is COc1ncc(C)cc1NS(=O)(=O)c1ccc(Cl)c(C(=O)O)c1. The number of halogens is 1.